The number of nitrogens with one attached hydrogen (secondary N) is 3. The fourth-order valence-electron chi connectivity index (χ4n) is 5.19. The molecule has 3 N–H and O–H groups in total. The molecule has 2 aromatic rings. The molecule has 0 saturated heterocycles. The van der Waals surface area contributed by atoms with Crippen LogP contribution in [0.1, 0.15) is 63.3 Å². The summed E-state index contributed by atoms with van der Waals surface area (Å²) in [6.07, 6.45) is 0.613. The summed E-state index contributed by atoms with van der Waals surface area (Å²) in [5.41, 5.74) is 2.61. The number of carbonyl (C=O) groups is 3. The summed E-state index contributed by atoms with van der Waals surface area (Å²) >= 11 is 0. The molecule has 0 fully saturated rings. The summed E-state index contributed by atoms with van der Waals surface area (Å²) in [7, 11) is 3.11. The van der Waals surface area contributed by atoms with Crippen LogP contribution in [0.3, 0.4) is 0 Å². The van der Waals surface area contributed by atoms with E-state index < -0.39 is 23.4 Å². The third-order valence-corrected chi connectivity index (χ3v) is 7.77. The number of amides is 3. The summed E-state index contributed by atoms with van der Waals surface area (Å²) in [6, 6.07) is 6.01. The molecule has 38 heavy (non-hydrogen) atoms. The number of ether oxygens (including phenoxy) is 3. The van der Waals surface area contributed by atoms with Crippen LogP contribution < -0.4 is 30.2 Å². The van der Waals surface area contributed by atoms with Crippen molar-refractivity contribution in [2.75, 3.05) is 14.2 Å². The highest BCUT2D eigenvalue weighted by molar-refractivity contribution is 5.93. The van der Waals surface area contributed by atoms with Gasteiger partial charge in [0.15, 0.2) is 0 Å². The number of carbonyl (C=O) groups excluding carboxylic acids is 3. The molecule has 3 atom stereocenters. The third kappa shape index (κ3) is 4.77. The van der Waals surface area contributed by atoms with E-state index >= 15 is 0 Å². The molecule has 9 heteroatoms. The van der Waals surface area contributed by atoms with Crippen molar-refractivity contribution >= 4 is 17.7 Å². The van der Waals surface area contributed by atoms with E-state index in [1.165, 1.54) is 0 Å². The zero-order chi connectivity index (χ0) is 27.8. The van der Waals surface area contributed by atoms with Crippen molar-refractivity contribution in [2.24, 2.45) is 5.92 Å². The SMILES string of the molecule is CCC(C)C1NC(=O)Cc2c(OC)ccc3c2Oc2c(ccc(OC)c2CNC(=O)C(C)NC1=O)C3(C)C. The Labute approximate surface area is 223 Å². The first-order valence-electron chi connectivity index (χ1n) is 13.0. The van der Waals surface area contributed by atoms with Gasteiger partial charge in [-0.25, -0.2) is 0 Å². The smallest absolute Gasteiger partial charge is 0.243 e. The lowest BCUT2D eigenvalue weighted by atomic mass is 9.74. The van der Waals surface area contributed by atoms with E-state index in [9.17, 15) is 14.4 Å². The molecular formula is C29H37N3O6. The number of benzene rings is 2. The second-order valence-electron chi connectivity index (χ2n) is 10.5. The standard InChI is InChI=1S/C29H37N3O6/c1-8-15(2)24-28(35)31-16(3)27(34)30-14-18-22(37-7)12-10-20-26(18)38-25-17(13-23(33)32-24)21(36-6)11-9-19(25)29(20,4)5/h9-12,15-16,24H,8,13-14H2,1-7H3,(H,30,34)(H,31,35)(H,32,33). The maximum Gasteiger partial charge on any atom is 0.243 e. The van der Waals surface area contributed by atoms with E-state index in [2.05, 4.69) is 29.8 Å². The van der Waals surface area contributed by atoms with E-state index in [1.807, 2.05) is 38.1 Å². The Morgan fingerprint density at radius 2 is 1.53 bits per heavy atom. The van der Waals surface area contributed by atoms with Crippen LogP contribution in [0.2, 0.25) is 0 Å². The predicted molar refractivity (Wildman–Crippen MR) is 143 cm³/mol. The molecule has 2 heterocycles. The van der Waals surface area contributed by atoms with Gasteiger partial charge in [0.05, 0.1) is 32.7 Å². The van der Waals surface area contributed by atoms with Gasteiger partial charge in [0.1, 0.15) is 35.1 Å². The van der Waals surface area contributed by atoms with Gasteiger partial charge in [-0.05, 0) is 25.0 Å². The number of hydrogen-bond donors (Lipinski definition) is 3. The van der Waals surface area contributed by atoms with E-state index in [1.54, 1.807) is 21.1 Å². The maximum absolute atomic E-state index is 13.4. The van der Waals surface area contributed by atoms with E-state index in [0.717, 1.165) is 11.1 Å². The van der Waals surface area contributed by atoms with Crippen LogP contribution >= 0.6 is 0 Å². The van der Waals surface area contributed by atoms with Crippen molar-refractivity contribution in [3.63, 3.8) is 0 Å². The van der Waals surface area contributed by atoms with Gasteiger partial charge in [0.2, 0.25) is 17.7 Å². The summed E-state index contributed by atoms with van der Waals surface area (Å²) < 4.78 is 17.9. The van der Waals surface area contributed by atoms with Crippen LogP contribution in [-0.2, 0) is 32.8 Å². The first kappa shape index (κ1) is 27.3. The molecule has 2 aliphatic rings. The van der Waals surface area contributed by atoms with Gasteiger partial charge in [0.25, 0.3) is 0 Å². The molecule has 4 rings (SSSR count). The molecule has 0 aromatic heterocycles. The average Bonchev–Trinajstić information content (AvgIpc) is 2.89. The van der Waals surface area contributed by atoms with Crippen molar-refractivity contribution in [3.8, 4) is 23.0 Å². The quantitative estimate of drug-likeness (QED) is 0.566. The zero-order valence-electron chi connectivity index (χ0n) is 23.1. The molecule has 3 amide bonds. The molecule has 0 saturated carbocycles. The minimum atomic E-state index is -0.817. The summed E-state index contributed by atoms with van der Waals surface area (Å²) in [6.45, 7) is 9.77. The minimum Gasteiger partial charge on any atom is -0.496 e. The minimum absolute atomic E-state index is 0.0516. The lowest BCUT2D eigenvalue weighted by Crippen LogP contribution is -2.55. The summed E-state index contributed by atoms with van der Waals surface area (Å²) in [5, 5.41) is 8.57. The second-order valence-corrected chi connectivity index (χ2v) is 10.5. The van der Waals surface area contributed by atoms with Crippen molar-refractivity contribution in [1.82, 2.24) is 16.0 Å². The van der Waals surface area contributed by atoms with E-state index in [4.69, 9.17) is 14.2 Å². The summed E-state index contributed by atoms with van der Waals surface area (Å²) in [5.74, 6) is 0.909. The molecule has 0 aliphatic carbocycles. The van der Waals surface area contributed by atoms with Crippen LogP contribution in [0.5, 0.6) is 23.0 Å². The fraction of sp³-hybridized carbons (Fsp3) is 0.483. The highest BCUT2D eigenvalue weighted by Crippen LogP contribution is 2.53. The van der Waals surface area contributed by atoms with Crippen LogP contribution in [0.15, 0.2) is 24.3 Å². The monoisotopic (exact) mass is 523 g/mol. The molecular weight excluding hydrogens is 486 g/mol. The predicted octanol–water partition coefficient (Wildman–Crippen LogP) is 3.34. The van der Waals surface area contributed by atoms with Gasteiger partial charge >= 0.3 is 0 Å². The first-order chi connectivity index (χ1) is 18.0. The van der Waals surface area contributed by atoms with Crippen LogP contribution in [-0.4, -0.2) is 44.0 Å². The third-order valence-electron chi connectivity index (χ3n) is 7.77. The number of rotatable bonds is 4. The fourth-order valence-corrected chi connectivity index (χ4v) is 5.19. The number of hydrogen-bond acceptors (Lipinski definition) is 6. The molecule has 2 bridgehead atoms. The first-order valence-corrected chi connectivity index (χ1v) is 13.0. The molecule has 204 valence electrons. The topological polar surface area (TPSA) is 115 Å². The van der Waals surface area contributed by atoms with E-state index in [-0.39, 0.29) is 30.7 Å². The van der Waals surface area contributed by atoms with Crippen molar-refractivity contribution in [1.29, 1.82) is 0 Å². The Bertz CT molecular complexity index is 1270. The molecule has 0 radical (unpaired) electrons. The number of methoxy groups -OCH3 is 2. The van der Waals surface area contributed by atoms with Gasteiger partial charge in [-0.1, -0.05) is 46.2 Å². The molecule has 9 nitrogen and oxygen atoms in total. The lowest BCUT2D eigenvalue weighted by Gasteiger charge is -2.37. The van der Waals surface area contributed by atoms with E-state index in [0.29, 0.717) is 40.5 Å². The van der Waals surface area contributed by atoms with Gasteiger partial charge in [-0.2, -0.15) is 0 Å². The van der Waals surface area contributed by atoms with Crippen LogP contribution in [0.4, 0.5) is 0 Å². The molecule has 2 aromatic carbocycles. The Balaban J connectivity index is 1.92. The Morgan fingerprint density at radius 1 is 0.947 bits per heavy atom. The van der Waals surface area contributed by atoms with Crippen LogP contribution in [0, 0.1) is 5.92 Å². The van der Waals surface area contributed by atoms with Crippen molar-refractivity contribution in [3.05, 3.63) is 46.5 Å². The normalized spacial score (nSPS) is 21.5. The summed E-state index contributed by atoms with van der Waals surface area (Å²) in [4.78, 5) is 39.6. The van der Waals surface area contributed by atoms with Gasteiger partial charge < -0.3 is 30.2 Å². The average molecular weight is 524 g/mol. The Hall–Kier alpha value is -3.75. The Kier molecular flexibility index (Phi) is 7.58. The molecule has 0 spiro atoms. The van der Waals surface area contributed by atoms with Crippen molar-refractivity contribution in [2.45, 2.75) is 71.5 Å². The zero-order valence-corrected chi connectivity index (χ0v) is 23.1. The maximum atomic E-state index is 13.4. The molecule has 3 unspecified atom stereocenters. The highest BCUT2D eigenvalue weighted by Gasteiger charge is 2.39. The second kappa shape index (κ2) is 10.6. The van der Waals surface area contributed by atoms with Gasteiger partial charge in [-0.3, -0.25) is 14.4 Å². The highest BCUT2D eigenvalue weighted by atomic mass is 16.5. The largest absolute Gasteiger partial charge is 0.496 e. The van der Waals surface area contributed by atoms with Gasteiger partial charge in [-0.15, -0.1) is 0 Å². The Morgan fingerprint density at radius 3 is 2.11 bits per heavy atom. The van der Waals surface area contributed by atoms with Crippen LogP contribution in [0.25, 0.3) is 0 Å². The van der Waals surface area contributed by atoms with Gasteiger partial charge in [0, 0.05) is 22.1 Å². The molecule has 2 aliphatic heterocycles. The van der Waals surface area contributed by atoms with Crippen molar-refractivity contribution < 1.29 is 28.6 Å². The lowest BCUT2D eigenvalue weighted by molar-refractivity contribution is -0.132.